The van der Waals surface area contributed by atoms with Gasteiger partial charge >= 0.3 is 0 Å². The minimum atomic E-state index is -0.511. The van der Waals surface area contributed by atoms with Crippen LogP contribution in [0.25, 0.3) is 0 Å². The Bertz CT molecular complexity index is 592. The SMILES string of the molecule is CCCNC(Cc1c(F)cccc1F)c1scc(C)c1Cl. The summed E-state index contributed by atoms with van der Waals surface area (Å²) in [5, 5.41) is 5.99. The van der Waals surface area contributed by atoms with Crippen LogP contribution in [0.1, 0.15) is 35.4 Å². The largest absolute Gasteiger partial charge is 0.309 e. The third kappa shape index (κ3) is 3.82. The topological polar surface area (TPSA) is 12.0 Å². The van der Waals surface area contributed by atoms with E-state index in [1.807, 2.05) is 12.3 Å². The Morgan fingerprint density at radius 3 is 2.48 bits per heavy atom. The van der Waals surface area contributed by atoms with Crippen molar-refractivity contribution in [3.63, 3.8) is 0 Å². The summed E-state index contributed by atoms with van der Waals surface area (Å²) in [5.74, 6) is -1.02. The molecule has 1 aromatic carbocycles. The Balaban J connectivity index is 2.31. The number of hydrogen-bond donors (Lipinski definition) is 1. The molecule has 114 valence electrons. The molecule has 0 spiro atoms. The van der Waals surface area contributed by atoms with Crippen LogP contribution in [0.4, 0.5) is 8.78 Å². The van der Waals surface area contributed by atoms with Crippen LogP contribution < -0.4 is 5.32 Å². The Morgan fingerprint density at radius 2 is 1.95 bits per heavy atom. The van der Waals surface area contributed by atoms with E-state index in [9.17, 15) is 8.78 Å². The van der Waals surface area contributed by atoms with Gasteiger partial charge in [0.2, 0.25) is 0 Å². The molecule has 0 aliphatic rings. The van der Waals surface area contributed by atoms with Gasteiger partial charge in [0, 0.05) is 16.5 Å². The highest BCUT2D eigenvalue weighted by molar-refractivity contribution is 7.10. The summed E-state index contributed by atoms with van der Waals surface area (Å²) in [6, 6.07) is 3.78. The van der Waals surface area contributed by atoms with Gasteiger partial charge < -0.3 is 5.32 Å². The van der Waals surface area contributed by atoms with E-state index in [0.29, 0.717) is 5.02 Å². The highest BCUT2D eigenvalue weighted by Crippen LogP contribution is 2.34. The van der Waals surface area contributed by atoms with Crippen LogP contribution in [0.5, 0.6) is 0 Å². The second-order valence-electron chi connectivity index (χ2n) is 5.01. The molecular formula is C16H18ClF2NS. The Kier molecular flexibility index (Phi) is 5.73. The molecule has 1 aromatic heterocycles. The zero-order valence-corrected chi connectivity index (χ0v) is 13.6. The van der Waals surface area contributed by atoms with E-state index in [0.717, 1.165) is 23.4 Å². The number of thiophene rings is 1. The van der Waals surface area contributed by atoms with Crippen molar-refractivity contribution in [2.75, 3.05) is 6.54 Å². The van der Waals surface area contributed by atoms with E-state index in [4.69, 9.17) is 11.6 Å². The lowest BCUT2D eigenvalue weighted by atomic mass is 10.0. The van der Waals surface area contributed by atoms with Crippen LogP contribution >= 0.6 is 22.9 Å². The number of hydrogen-bond acceptors (Lipinski definition) is 2. The van der Waals surface area contributed by atoms with Gasteiger partial charge in [-0.1, -0.05) is 24.6 Å². The molecule has 2 aromatic rings. The second kappa shape index (κ2) is 7.34. The molecule has 2 rings (SSSR count). The van der Waals surface area contributed by atoms with Gasteiger partial charge in [0.15, 0.2) is 0 Å². The number of benzene rings is 1. The highest BCUT2D eigenvalue weighted by atomic mass is 35.5. The molecule has 0 radical (unpaired) electrons. The predicted octanol–water partition coefficient (Wildman–Crippen LogP) is 5.27. The predicted molar refractivity (Wildman–Crippen MR) is 85.2 cm³/mol. The average Bonchev–Trinajstić information content (AvgIpc) is 2.78. The van der Waals surface area contributed by atoms with Crippen molar-refractivity contribution in [3.05, 3.63) is 56.2 Å². The maximum atomic E-state index is 13.9. The molecule has 0 amide bonds. The molecule has 0 aliphatic heterocycles. The summed E-state index contributed by atoms with van der Waals surface area (Å²) in [5.41, 5.74) is 1.10. The number of rotatable bonds is 6. The maximum absolute atomic E-state index is 13.9. The van der Waals surface area contributed by atoms with Crippen molar-refractivity contribution < 1.29 is 8.78 Å². The number of halogens is 3. The Labute approximate surface area is 133 Å². The van der Waals surface area contributed by atoms with Gasteiger partial charge in [-0.25, -0.2) is 8.78 Å². The van der Waals surface area contributed by atoms with Gasteiger partial charge in [-0.3, -0.25) is 0 Å². The first-order chi connectivity index (χ1) is 10.0. The van der Waals surface area contributed by atoms with Crippen molar-refractivity contribution in [3.8, 4) is 0 Å². The third-order valence-electron chi connectivity index (χ3n) is 3.35. The minimum absolute atomic E-state index is 0.105. The van der Waals surface area contributed by atoms with E-state index in [2.05, 4.69) is 12.2 Å². The molecule has 5 heteroatoms. The summed E-state index contributed by atoms with van der Waals surface area (Å²) in [6.07, 6.45) is 1.19. The van der Waals surface area contributed by atoms with Crippen LogP contribution in [0, 0.1) is 18.6 Å². The van der Waals surface area contributed by atoms with Gasteiger partial charge in [0.05, 0.1) is 5.02 Å². The summed E-state index contributed by atoms with van der Waals surface area (Å²) < 4.78 is 27.7. The summed E-state index contributed by atoms with van der Waals surface area (Å²) in [4.78, 5) is 0.935. The van der Waals surface area contributed by atoms with E-state index >= 15 is 0 Å². The lowest BCUT2D eigenvalue weighted by molar-refractivity contribution is 0.494. The van der Waals surface area contributed by atoms with Crippen molar-refractivity contribution in [1.82, 2.24) is 5.32 Å². The summed E-state index contributed by atoms with van der Waals surface area (Å²) in [7, 11) is 0. The zero-order valence-electron chi connectivity index (χ0n) is 12.1. The first kappa shape index (κ1) is 16.4. The van der Waals surface area contributed by atoms with Crippen molar-refractivity contribution in [2.24, 2.45) is 0 Å². The normalized spacial score (nSPS) is 12.6. The van der Waals surface area contributed by atoms with Gasteiger partial charge in [-0.15, -0.1) is 11.3 Å². The monoisotopic (exact) mass is 329 g/mol. The maximum Gasteiger partial charge on any atom is 0.129 e. The fourth-order valence-electron chi connectivity index (χ4n) is 2.19. The van der Waals surface area contributed by atoms with Crippen molar-refractivity contribution in [1.29, 1.82) is 0 Å². The molecule has 1 heterocycles. The molecule has 1 N–H and O–H groups in total. The lowest BCUT2D eigenvalue weighted by Gasteiger charge is -2.19. The molecule has 0 aliphatic carbocycles. The molecule has 0 fully saturated rings. The average molecular weight is 330 g/mol. The number of aryl methyl sites for hydroxylation is 1. The van der Waals surface area contributed by atoms with E-state index < -0.39 is 11.6 Å². The van der Waals surface area contributed by atoms with Crippen LogP contribution in [0.15, 0.2) is 23.6 Å². The molecule has 21 heavy (non-hydrogen) atoms. The number of nitrogens with one attached hydrogen (secondary N) is 1. The Hall–Kier alpha value is -0.970. The lowest BCUT2D eigenvalue weighted by Crippen LogP contribution is -2.24. The summed E-state index contributed by atoms with van der Waals surface area (Å²) in [6.45, 7) is 4.76. The second-order valence-corrected chi connectivity index (χ2v) is 6.30. The zero-order chi connectivity index (χ0) is 15.4. The van der Waals surface area contributed by atoms with Crippen molar-refractivity contribution >= 4 is 22.9 Å². The molecule has 0 saturated carbocycles. The Morgan fingerprint density at radius 1 is 1.29 bits per heavy atom. The molecule has 1 atom stereocenters. The van der Waals surface area contributed by atoms with E-state index in [1.54, 1.807) is 0 Å². The molecule has 1 unspecified atom stereocenters. The smallest absolute Gasteiger partial charge is 0.129 e. The van der Waals surface area contributed by atoms with Crippen LogP contribution in [0.2, 0.25) is 5.02 Å². The first-order valence-corrected chi connectivity index (χ1v) is 8.20. The van der Waals surface area contributed by atoms with Gasteiger partial charge in [-0.2, -0.15) is 0 Å². The fourth-order valence-corrected chi connectivity index (χ4v) is 3.59. The quantitative estimate of drug-likeness (QED) is 0.761. The molecule has 1 nitrogen and oxygen atoms in total. The summed E-state index contributed by atoms with van der Waals surface area (Å²) >= 11 is 7.84. The highest BCUT2D eigenvalue weighted by Gasteiger charge is 2.21. The van der Waals surface area contributed by atoms with Crippen LogP contribution in [-0.4, -0.2) is 6.54 Å². The standard InChI is InChI=1S/C16H18ClF2NS/c1-3-7-20-14(16-15(17)10(2)9-21-16)8-11-12(18)5-4-6-13(11)19/h4-6,9,14,20H,3,7-8H2,1-2H3. The first-order valence-electron chi connectivity index (χ1n) is 6.94. The fraction of sp³-hybridized carbons (Fsp3) is 0.375. The van der Waals surface area contributed by atoms with Gasteiger partial charge in [-0.05, 0) is 49.4 Å². The van der Waals surface area contributed by atoms with Gasteiger partial charge in [0.1, 0.15) is 11.6 Å². The van der Waals surface area contributed by atoms with Crippen LogP contribution in [-0.2, 0) is 6.42 Å². The minimum Gasteiger partial charge on any atom is -0.309 e. The van der Waals surface area contributed by atoms with Crippen molar-refractivity contribution in [2.45, 2.75) is 32.7 Å². The molecular weight excluding hydrogens is 312 g/mol. The van der Waals surface area contributed by atoms with Gasteiger partial charge in [0.25, 0.3) is 0 Å². The van der Waals surface area contributed by atoms with E-state index in [1.165, 1.54) is 29.5 Å². The molecule has 0 bridgehead atoms. The van der Waals surface area contributed by atoms with E-state index in [-0.39, 0.29) is 18.0 Å². The van der Waals surface area contributed by atoms with Crippen LogP contribution in [0.3, 0.4) is 0 Å². The molecule has 0 saturated heterocycles. The third-order valence-corrected chi connectivity index (χ3v) is 5.18.